The maximum Gasteiger partial charge on any atom is 0.306 e. The summed E-state index contributed by atoms with van der Waals surface area (Å²) >= 11 is 0. The Morgan fingerprint density at radius 2 is 0.907 bits per heavy atom. The SMILES string of the molecule is CCCCCCCCCOC(=O)CCCCCCCN(CCC/C=N/OC)CCCCCCCC(=O)OC(CCCCCCCC)CCCCCCCC. The smallest absolute Gasteiger partial charge is 0.306 e. The highest BCUT2D eigenvalue weighted by molar-refractivity contribution is 5.69. The van der Waals surface area contributed by atoms with E-state index in [1.54, 1.807) is 7.11 Å². The fraction of sp³-hybridized carbons (Fsp3) is 0.936. The number of unbranched alkanes of at least 4 members (excludes halogenated alkanes) is 25. The van der Waals surface area contributed by atoms with E-state index in [2.05, 4.69) is 30.8 Å². The zero-order chi connectivity index (χ0) is 39.4. The average molecular weight is 765 g/mol. The van der Waals surface area contributed by atoms with Crippen LogP contribution in [0, 0.1) is 0 Å². The molecule has 0 fully saturated rings. The van der Waals surface area contributed by atoms with Gasteiger partial charge in [0.1, 0.15) is 13.2 Å². The zero-order valence-electron chi connectivity index (χ0n) is 36.7. The first-order chi connectivity index (χ1) is 26.6. The van der Waals surface area contributed by atoms with Crippen LogP contribution in [-0.4, -0.2) is 62.5 Å². The van der Waals surface area contributed by atoms with Gasteiger partial charge in [0.2, 0.25) is 0 Å². The molecule has 0 amide bonds. The van der Waals surface area contributed by atoms with E-state index in [0.29, 0.717) is 19.4 Å². The fourth-order valence-corrected chi connectivity index (χ4v) is 7.27. The molecule has 0 aliphatic carbocycles. The molecule has 7 heteroatoms. The Labute approximate surface area is 336 Å². The fourth-order valence-electron chi connectivity index (χ4n) is 7.27. The van der Waals surface area contributed by atoms with Gasteiger partial charge in [-0.1, -0.05) is 167 Å². The largest absolute Gasteiger partial charge is 0.466 e. The molecule has 0 heterocycles. The number of oxime groups is 1. The van der Waals surface area contributed by atoms with Gasteiger partial charge in [-0.15, -0.1) is 0 Å². The van der Waals surface area contributed by atoms with Gasteiger partial charge in [-0.3, -0.25) is 9.59 Å². The second kappa shape index (κ2) is 44.1. The minimum absolute atomic E-state index is 0.0182. The number of rotatable bonds is 44. The standard InChI is InChI=1S/C47H92N2O5/c1-5-8-11-14-17-26-35-44-53-46(50)38-29-22-18-24-32-41-49(43-34-31-40-48-52-4)42-33-25-19-23-30-39-47(51)54-45(36-27-20-15-12-9-6-2)37-28-21-16-13-10-7-3/h40,45H,5-39,41-44H2,1-4H3/b48-40+. The van der Waals surface area contributed by atoms with Gasteiger partial charge in [0.15, 0.2) is 0 Å². The van der Waals surface area contributed by atoms with Crippen LogP contribution in [0.15, 0.2) is 5.16 Å². The summed E-state index contributed by atoms with van der Waals surface area (Å²) in [7, 11) is 1.59. The van der Waals surface area contributed by atoms with Crippen molar-refractivity contribution < 1.29 is 23.9 Å². The van der Waals surface area contributed by atoms with Crippen LogP contribution in [-0.2, 0) is 23.9 Å². The van der Waals surface area contributed by atoms with Crippen molar-refractivity contribution >= 4 is 18.2 Å². The molecule has 0 N–H and O–H groups in total. The van der Waals surface area contributed by atoms with E-state index in [9.17, 15) is 9.59 Å². The summed E-state index contributed by atoms with van der Waals surface area (Å²) in [6, 6.07) is 0. The molecular formula is C47H92N2O5. The van der Waals surface area contributed by atoms with E-state index in [4.69, 9.17) is 14.3 Å². The molecule has 54 heavy (non-hydrogen) atoms. The van der Waals surface area contributed by atoms with Crippen molar-refractivity contribution in [2.24, 2.45) is 5.16 Å². The summed E-state index contributed by atoms with van der Waals surface area (Å²) in [6.45, 7) is 10.7. The number of ether oxygens (including phenoxy) is 2. The Hall–Kier alpha value is -1.63. The van der Waals surface area contributed by atoms with Crippen LogP contribution in [0.4, 0.5) is 0 Å². The van der Waals surface area contributed by atoms with E-state index < -0.39 is 0 Å². The first kappa shape index (κ1) is 52.4. The molecule has 0 saturated carbocycles. The molecule has 0 aromatic heterocycles. The highest BCUT2D eigenvalue weighted by atomic mass is 16.6. The van der Waals surface area contributed by atoms with Crippen molar-refractivity contribution in [3.05, 3.63) is 0 Å². The molecule has 0 radical (unpaired) electrons. The van der Waals surface area contributed by atoms with Gasteiger partial charge in [-0.05, 0) is 90.3 Å². The zero-order valence-corrected chi connectivity index (χ0v) is 36.7. The molecule has 0 rings (SSSR count). The third kappa shape index (κ3) is 40.0. The summed E-state index contributed by atoms with van der Waals surface area (Å²) in [5.41, 5.74) is 0. The Morgan fingerprint density at radius 1 is 0.500 bits per heavy atom. The van der Waals surface area contributed by atoms with Crippen molar-refractivity contribution in [3.8, 4) is 0 Å². The maximum atomic E-state index is 12.8. The predicted octanol–water partition coefficient (Wildman–Crippen LogP) is 14.1. The van der Waals surface area contributed by atoms with Gasteiger partial charge in [0, 0.05) is 19.1 Å². The van der Waals surface area contributed by atoms with E-state index in [1.165, 1.54) is 154 Å². The van der Waals surface area contributed by atoms with Gasteiger partial charge in [0.25, 0.3) is 0 Å². The number of carbonyl (C=O) groups is 2. The van der Waals surface area contributed by atoms with E-state index in [1.807, 2.05) is 6.21 Å². The van der Waals surface area contributed by atoms with Crippen LogP contribution in [0.1, 0.15) is 245 Å². The highest BCUT2D eigenvalue weighted by Gasteiger charge is 2.14. The van der Waals surface area contributed by atoms with Crippen LogP contribution in [0.5, 0.6) is 0 Å². The van der Waals surface area contributed by atoms with Gasteiger partial charge in [-0.25, -0.2) is 0 Å². The predicted molar refractivity (Wildman–Crippen MR) is 231 cm³/mol. The second-order valence-corrected chi connectivity index (χ2v) is 16.1. The van der Waals surface area contributed by atoms with Crippen molar-refractivity contribution in [1.29, 1.82) is 0 Å². The first-order valence-electron chi connectivity index (χ1n) is 23.7. The summed E-state index contributed by atoms with van der Waals surface area (Å²) in [5, 5.41) is 3.90. The van der Waals surface area contributed by atoms with Gasteiger partial charge < -0.3 is 19.2 Å². The van der Waals surface area contributed by atoms with Crippen molar-refractivity contribution in [1.82, 2.24) is 4.90 Å². The monoisotopic (exact) mass is 765 g/mol. The minimum Gasteiger partial charge on any atom is -0.466 e. The summed E-state index contributed by atoms with van der Waals surface area (Å²) in [4.78, 5) is 32.3. The molecule has 7 nitrogen and oxygen atoms in total. The van der Waals surface area contributed by atoms with E-state index in [-0.39, 0.29) is 18.0 Å². The lowest BCUT2D eigenvalue weighted by Crippen LogP contribution is -2.27. The van der Waals surface area contributed by atoms with Crippen LogP contribution in [0.25, 0.3) is 0 Å². The van der Waals surface area contributed by atoms with Crippen LogP contribution in [0.3, 0.4) is 0 Å². The number of nitrogens with zero attached hydrogens (tertiary/aromatic N) is 2. The summed E-state index contributed by atoms with van der Waals surface area (Å²) in [5.74, 6) is 0.00855. The number of hydrogen-bond acceptors (Lipinski definition) is 7. The highest BCUT2D eigenvalue weighted by Crippen LogP contribution is 2.19. The van der Waals surface area contributed by atoms with Crippen LogP contribution in [0.2, 0.25) is 0 Å². The Morgan fingerprint density at radius 3 is 1.41 bits per heavy atom. The molecule has 0 atom stereocenters. The lowest BCUT2D eigenvalue weighted by atomic mass is 10.0. The Balaban J connectivity index is 4.23. The maximum absolute atomic E-state index is 12.8. The van der Waals surface area contributed by atoms with E-state index >= 15 is 0 Å². The lowest BCUT2D eigenvalue weighted by Gasteiger charge is -2.22. The Kier molecular flexibility index (Phi) is 42.8. The molecule has 0 aromatic carbocycles. The molecule has 0 aliphatic rings. The molecule has 320 valence electrons. The van der Waals surface area contributed by atoms with E-state index in [0.717, 1.165) is 77.4 Å². The third-order valence-electron chi connectivity index (χ3n) is 10.8. The third-order valence-corrected chi connectivity index (χ3v) is 10.8. The summed E-state index contributed by atoms with van der Waals surface area (Å²) < 4.78 is 11.5. The molecule has 0 aliphatic heterocycles. The van der Waals surface area contributed by atoms with Gasteiger partial charge >= 0.3 is 11.9 Å². The van der Waals surface area contributed by atoms with Crippen LogP contribution >= 0.6 is 0 Å². The van der Waals surface area contributed by atoms with Gasteiger partial charge in [0.05, 0.1) is 6.61 Å². The molecule has 0 bridgehead atoms. The molecule has 0 saturated heterocycles. The number of esters is 2. The van der Waals surface area contributed by atoms with Crippen molar-refractivity contribution in [3.63, 3.8) is 0 Å². The number of carbonyl (C=O) groups excluding carboxylic acids is 2. The normalized spacial score (nSPS) is 11.7. The van der Waals surface area contributed by atoms with Crippen molar-refractivity contribution in [2.75, 3.05) is 33.4 Å². The van der Waals surface area contributed by atoms with Crippen molar-refractivity contribution in [2.45, 2.75) is 252 Å². The lowest BCUT2D eigenvalue weighted by molar-refractivity contribution is -0.150. The topological polar surface area (TPSA) is 77.4 Å². The summed E-state index contributed by atoms with van der Waals surface area (Å²) in [6.07, 6.45) is 42.7. The second-order valence-electron chi connectivity index (χ2n) is 16.1. The molecule has 0 aromatic rings. The Bertz CT molecular complexity index is 791. The minimum atomic E-state index is -0.0182. The molecule has 0 spiro atoms. The van der Waals surface area contributed by atoms with Gasteiger partial charge in [-0.2, -0.15) is 0 Å². The molecular weight excluding hydrogens is 673 g/mol. The average Bonchev–Trinajstić information content (AvgIpc) is 3.17. The van der Waals surface area contributed by atoms with Crippen LogP contribution < -0.4 is 0 Å². The number of hydrogen-bond donors (Lipinski definition) is 0. The quantitative estimate of drug-likeness (QED) is 0.0266. The molecule has 0 unspecified atom stereocenters. The first-order valence-corrected chi connectivity index (χ1v) is 23.7.